The number of carbonyl (C=O) groups excluding carboxylic acids is 1. The van der Waals surface area contributed by atoms with Crippen LogP contribution in [0.1, 0.15) is 20.8 Å². The van der Waals surface area contributed by atoms with Crippen molar-refractivity contribution in [3.8, 4) is 6.19 Å². The van der Waals surface area contributed by atoms with Crippen molar-refractivity contribution < 1.29 is 4.79 Å². The standard InChI is InChI=1S/C17H16N4OS2/c1-23-17(19-11-18)20-14-5-4-12-6-7-21(10-13(12)9-14)16(22)15-3-2-8-24-15/h2-5,8-9H,6-7,10H2,1H3,(H,19,20). The van der Waals surface area contributed by atoms with E-state index in [0.29, 0.717) is 11.7 Å². The predicted octanol–water partition coefficient (Wildman–Crippen LogP) is 3.37. The summed E-state index contributed by atoms with van der Waals surface area (Å²) >= 11 is 2.85. The number of aliphatic imine (C=N–C) groups is 1. The van der Waals surface area contributed by atoms with Crippen molar-refractivity contribution in [1.29, 1.82) is 5.26 Å². The molecular weight excluding hydrogens is 340 g/mol. The smallest absolute Gasteiger partial charge is 0.264 e. The highest BCUT2D eigenvalue weighted by molar-refractivity contribution is 8.13. The highest BCUT2D eigenvalue weighted by atomic mass is 32.2. The fourth-order valence-corrected chi connectivity index (χ4v) is 3.67. The Morgan fingerprint density at radius 1 is 1.42 bits per heavy atom. The second kappa shape index (κ2) is 7.51. The first-order valence-electron chi connectivity index (χ1n) is 7.43. The quantitative estimate of drug-likeness (QED) is 0.388. The minimum absolute atomic E-state index is 0.0838. The minimum atomic E-state index is 0.0838. The molecule has 0 radical (unpaired) electrons. The van der Waals surface area contributed by atoms with Gasteiger partial charge in [0.2, 0.25) is 0 Å². The van der Waals surface area contributed by atoms with Crippen molar-refractivity contribution in [2.45, 2.75) is 13.0 Å². The molecule has 0 saturated heterocycles. The van der Waals surface area contributed by atoms with Gasteiger partial charge in [-0.25, -0.2) is 4.99 Å². The fourth-order valence-electron chi connectivity index (χ4n) is 2.63. The number of fused-ring (bicyclic) bond motifs is 1. The number of hydrogen-bond acceptors (Lipinski definition) is 5. The first kappa shape index (κ1) is 16.6. The average Bonchev–Trinajstić information content (AvgIpc) is 3.14. The van der Waals surface area contributed by atoms with E-state index in [0.717, 1.165) is 29.1 Å². The monoisotopic (exact) mass is 356 g/mol. The van der Waals surface area contributed by atoms with Crippen LogP contribution in [0.4, 0.5) is 5.69 Å². The number of hydrogen-bond donors (Lipinski definition) is 1. The zero-order chi connectivity index (χ0) is 16.9. The van der Waals surface area contributed by atoms with Crippen LogP contribution in [0.25, 0.3) is 0 Å². The number of amides is 1. The van der Waals surface area contributed by atoms with E-state index in [2.05, 4.69) is 16.4 Å². The van der Waals surface area contributed by atoms with E-state index in [1.165, 1.54) is 28.7 Å². The molecule has 0 unspecified atom stereocenters. The second-order valence-electron chi connectivity index (χ2n) is 5.26. The number of rotatable bonds is 2. The molecular formula is C17H16N4OS2. The maximum Gasteiger partial charge on any atom is 0.264 e. The van der Waals surface area contributed by atoms with Gasteiger partial charge >= 0.3 is 0 Å². The van der Waals surface area contributed by atoms with Crippen LogP contribution in [-0.4, -0.2) is 28.8 Å². The van der Waals surface area contributed by atoms with Crippen molar-refractivity contribution in [3.05, 3.63) is 51.7 Å². The molecule has 1 N–H and O–H groups in total. The maximum atomic E-state index is 12.5. The molecule has 1 aliphatic rings. The molecule has 1 aromatic carbocycles. The lowest BCUT2D eigenvalue weighted by molar-refractivity contribution is 0.0739. The van der Waals surface area contributed by atoms with E-state index in [1.54, 1.807) is 0 Å². The molecule has 122 valence electrons. The number of nitrogens with zero attached hydrogens (tertiary/aromatic N) is 3. The molecule has 5 nitrogen and oxygen atoms in total. The SMILES string of the molecule is CSC(=Nc1ccc2c(c1)CN(C(=O)c1cccs1)CC2)NC#N. The number of carbonyl (C=O) groups is 1. The van der Waals surface area contributed by atoms with Gasteiger partial charge in [-0.1, -0.05) is 23.9 Å². The van der Waals surface area contributed by atoms with Gasteiger partial charge in [-0.15, -0.1) is 11.3 Å². The Kier molecular flexibility index (Phi) is 5.18. The van der Waals surface area contributed by atoms with E-state index in [-0.39, 0.29) is 5.91 Å². The summed E-state index contributed by atoms with van der Waals surface area (Å²) < 4.78 is 0. The van der Waals surface area contributed by atoms with Crippen LogP contribution in [0.2, 0.25) is 0 Å². The van der Waals surface area contributed by atoms with E-state index in [9.17, 15) is 4.79 Å². The largest absolute Gasteiger partial charge is 0.333 e. The van der Waals surface area contributed by atoms with Crippen LogP contribution in [0, 0.1) is 11.5 Å². The topological polar surface area (TPSA) is 68.5 Å². The molecule has 2 aromatic rings. The van der Waals surface area contributed by atoms with Crippen LogP contribution in [0.15, 0.2) is 40.7 Å². The van der Waals surface area contributed by atoms with Crippen LogP contribution in [0.5, 0.6) is 0 Å². The summed E-state index contributed by atoms with van der Waals surface area (Å²) in [6.07, 6.45) is 4.60. The van der Waals surface area contributed by atoms with Crippen molar-refractivity contribution in [2.75, 3.05) is 12.8 Å². The zero-order valence-corrected chi connectivity index (χ0v) is 14.8. The van der Waals surface area contributed by atoms with Crippen LogP contribution < -0.4 is 5.32 Å². The lowest BCUT2D eigenvalue weighted by atomic mass is 9.99. The molecule has 24 heavy (non-hydrogen) atoms. The number of benzene rings is 1. The molecule has 0 atom stereocenters. The molecule has 0 saturated carbocycles. The maximum absolute atomic E-state index is 12.5. The molecule has 7 heteroatoms. The molecule has 2 heterocycles. The normalized spacial score (nSPS) is 14.0. The van der Waals surface area contributed by atoms with Crippen LogP contribution in [0.3, 0.4) is 0 Å². The Morgan fingerprint density at radius 2 is 2.29 bits per heavy atom. The van der Waals surface area contributed by atoms with Crippen molar-refractivity contribution in [2.24, 2.45) is 4.99 Å². The van der Waals surface area contributed by atoms with Gasteiger partial charge in [-0.3, -0.25) is 10.1 Å². The van der Waals surface area contributed by atoms with E-state index >= 15 is 0 Å². The molecule has 0 bridgehead atoms. The van der Waals surface area contributed by atoms with Crippen LogP contribution in [-0.2, 0) is 13.0 Å². The number of thioether (sulfide) groups is 1. The van der Waals surface area contributed by atoms with Crippen molar-refractivity contribution in [1.82, 2.24) is 10.2 Å². The molecule has 1 amide bonds. The number of nitriles is 1. The van der Waals surface area contributed by atoms with E-state index < -0.39 is 0 Å². The van der Waals surface area contributed by atoms with Gasteiger partial charge in [0.15, 0.2) is 11.4 Å². The number of nitrogens with one attached hydrogen (secondary N) is 1. The average molecular weight is 356 g/mol. The highest BCUT2D eigenvalue weighted by Crippen LogP contribution is 2.26. The first-order valence-corrected chi connectivity index (χ1v) is 9.54. The molecule has 3 rings (SSSR count). The summed E-state index contributed by atoms with van der Waals surface area (Å²) in [5, 5.41) is 13.8. The van der Waals surface area contributed by atoms with E-state index in [1.807, 2.05) is 47.0 Å². The Balaban J connectivity index is 1.81. The van der Waals surface area contributed by atoms with Gasteiger partial charge in [0, 0.05) is 13.1 Å². The Morgan fingerprint density at radius 3 is 3.00 bits per heavy atom. The molecule has 0 spiro atoms. The first-order chi connectivity index (χ1) is 11.7. The van der Waals surface area contributed by atoms with Gasteiger partial charge in [-0.2, -0.15) is 5.26 Å². The third-order valence-electron chi connectivity index (χ3n) is 3.81. The molecule has 0 fully saturated rings. The summed E-state index contributed by atoms with van der Waals surface area (Å²) in [6, 6.07) is 9.77. The molecule has 1 aliphatic heterocycles. The van der Waals surface area contributed by atoms with Crippen LogP contribution >= 0.6 is 23.1 Å². The summed E-state index contributed by atoms with van der Waals surface area (Å²) in [5.74, 6) is 0.0838. The molecule has 1 aromatic heterocycles. The second-order valence-corrected chi connectivity index (χ2v) is 7.01. The zero-order valence-electron chi connectivity index (χ0n) is 13.2. The highest BCUT2D eigenvalue weighted by Gasteiger charge is 2.22. The van der Waals surface area contributed by atoms with Crippen molar-refractivity contribution in [3.63, 3.8) is 0 Å². The lowest BCUT2D eigenvalue weighted by Crippen LogP contribution is -2.35. The van der Waals surface area contributed by atoms with E-state index in [4.69, 9.17) is 5.26 Å². The molecule has 0 aliphatic carbocycles. The fraction of sp³-hybridized carbons (Fsp3) is 0.235. The number of amidine groups is 1. The van der Waals surface area contributed by atoms with Gasteiger partial charge in [0.1, 0.15) is 0 Å². The summed E-state index contributed by atoms with van der Waals surface area (Å²) in [4.78, 5) is 19.6. The van der Waals surface area contributed by atoms with Crippen molar-refractivity contribution >= 4 is 39.9 Å². The Bertz CT molecular complexity index is 808. The summed E-state index contributed by atoms with van der Waals surface area (Å²) in [5.41, 5.74) is 3.15. The third-order valence-corrected chi connectivity index (χ3v) is 5.25. The van der Waals surface area contributed by atoms with Gasteiger partial charge in [-0.05, 0) is 47.4 Å². The van der Waals surface area contributed by atoms with Gasteiger partial charge in [0.05, 0.1) is 10.6 Å². The Hall–Kier alpha value is -2.30. The predicted molar refractivity (Wildman–Crippen MR) is 98.6 cm³/mol. The minimum Gasteiger partial charge on any atom is -0.333 e. The van der Waals surface area contributed by atoms with Gasteiger partial charge < -0.3 is 4.90 Å². The van der Waals surface area contributed by atoms with Gasteiger partial charge in [0.25, 0.3) is 5.91 Å². The lowest BCUT2D eigenvalue weighted by Gasteiger charge is -2.28. The Labute approximate surface area is 149 Å². The summed E-state index contributed by atoms with van der Waals surface area (Å²) in [7, 11) is 0. The number of thiophene rings is 1. The summed E-state index contributed by atoms with van der Waals surface area (Å²) in [6.45, 7) is 1.33. The third kappa shape index (κ3) is 3.61.